The van der Waals surface area contributed by atoms with Gasteiger partial charge < -0.3 is 40.8 Å². The lowest BCUT2D eigenvalue weighted by atomic mass is 9.98. The van der Waals surface area contributed by atoms with Gasteiger partial charge in [-0.25, -0.2) is 9.59 Å². The van der Waals surface area contributed by atoms with E-state index in [1.165, 1.54) is 7.11 Å². The Balaban J connectivity index is 3.17. The van der Waals surface area contributed by atoms with Gasteiger partial charge in [0.05, 0.1) is 32.1 Å². The quantitative estimate of drug-likeness (QED) is 0.0648. The number of nitrogens with one attached hydrogen (secondary N) is 5. The van der Waals surface area contributed by atoms with Crippen molar-refractivity contribution < 1.29 is 52.6 Å². The normalized spacial score (nSPS) is 13.7. The van der Waals surface area contributed by atoms with Crippen LogP contribution in [-0.4, -0.2) is 102 Å². The predicted molar refractivity (Wildman–Crippen MR) is 211 cm³/mol. The van der Waals surface area contributed by atoms with Gasteiger partial charge in [0, 0.05) is 4.75 Å². The summed E-state index contributed by atoms with van der Waals surface area (Å²) in [7, 11) is 1.23. The molecule has 16 nitrogen and oxygen atoms in total. The number of alkyl carbamates (subject to hydrolysis) is 1. The number of amides is 5. The molecule has 5 amide bonds. The van der Waals surface area contributed by atoms with Crippen molar-refractivity contribution in [1.29, 1.82) is 0 Å². The minimum absolute atomic E-state index is 0.0167. The summed E-state index contributed by atoms with van der Waals surface area (Å²) in [6, 6.07) is 3.39. The van der Waals surface area contributed by atoms with Crippen LogP contribution in [-0.2, 0) is 47.8 Å². The lowest BCUT2D eigenvalue weighted by Crippen LogP contribution is -2.61. The van der Waals surface area contributed by atoms with Crippen LogP contribution in [0.25, 0.3) is 0 Å². The summed E-state index contributed by atoms with van der Waals surface area (Å²) in [4.78, 5) is 105. The van der Waals surface area contributed by atoms with Crippen molar-refractivity contribution in [2.75, 3.05) is 26.0 Å². The van der Waals surface area contributed by atoms with E-state index in [4.69, 9.17) is 14.2 Å². The molecular weight excluding hydrogens is 747 g/mol. The van der Waals surface area contributed by atoms with Crippen LogP contribution in [0, 0.1) is 11.8 Å². The van der Waals surface area contributed by atoms with Crippen LogP contribution in [0.3, 0.4) is 0 Å². The van der Waals surface area contributed by atoms with Gasteiger partial charge in [0.25, 0.3) is 5.91 Å². The monoisotopic (exact) mass is 807 g/mol. The summed E-state index contributed by atoms with van der Waals surface area (Å²) in [6.07, 6.45) is -0.303. The largest absolute Gasteiger partial charge is 0.468 e. The third-order valence-electron chi connectivity index (χ3n) is 7.82. The Labute approximate surface area is 334 Å². The second-order valence-electron chi connectivity index (χ2n) is 15.6. The van der Waals surface area contributed by atoms with Gasteiger partial charge in [-0.1, -0.05) is 71.4 Å². The van der Waals surface area contributed by atoms with Gasteiger partial charge in [0.1, 0.15) is 17.7 Å². The Kier molecular flexibility index (Phi) is 20.6. The topological polar surface area (TPSA) is 224 Å². The average Bonchev–Trinajstić information content (AvgIpc) is 3.11. The molecule has 0 aliphatic rings. The third kappa shape index (κ3) is 18.3. The molecule has 0 radical (unpaired) electrons. The number of benzene rings is 1. The van der Waals surface area contributed by atoms with E-state index >= 15 is 0 Å². The number of Topliss-reactive ketones (excluding diaryl/α,β-unsaturated/α-hetero) is 1. The summed E-state index contributed by atoms with van der Waals surface area (Å²) in [5.74, 6) is -5.96. The zero-order chi connectivity index (χ0) is 42.8. The number of ether oxygens (including phenoxy) is 3. The van der Waals surface area contributed by atoms with E-state index < -0.39 is 88.5 Å². The Hall–Kier alpha value is -4.67. The molecule has 5 N–H and O–H groups in total. The van der Waals surface area contributed by atoms with Gasteiger partial charge in [0.15, 0.2) is 6.04 Å². The van der Waals surface area contributed by atoms with Crippen LogP contribution in [0.2, 0.25) is 0 Å². The Morgan fingerprint density at radius 3 is 1.93 bits per heavy atom. The molecule has 314 valence electrons. The molecule has 1 aromatic rings. The van der Waals surface area contributed by atoms with E-state index in [2.05, 4.69) is 26.6 Å². The number of carbonyl (C=O) groups is 8. The Morgan fingerprint density at radius 2 is 1.39 bits per heavy atom. The molecule has 0 fully saturated rings. The van der Waals surface area contributed by atoms with Crippen molar-refractivity contribution in [3.05, 3.63) is 35.9 Å². The molecule has 0 aliphatic carbocycles. The van der Waals surface area contributed by atoms with Crippen LogP contribution < -0.4 is 26.6 Å². The fourth-order valence-corrected chi connectivity index (χ4v) is 5.97. The van der Waals surface area contributed by atoms with Crippen molar-refractivity contribution in [2.24, 2.45) is 11.8 Å². The number of thioether (sulfide) groups is 1. The van der Waals surface area contributed by atoms with Gasteiger partial charge in [-0.2, -0.15) is 0 Å². The molecule has 0 bridgehead atoms. The number of carbonyl (C=O) groups excluding carboxylic acids is 8. The minimum atomic E-state index is -1.31. The molecule has 0 heterocycles. The molecule has 56 heavy (non-hydrogen) atoms. The van der Waals surface area contributed by atoms with Crippen LogP contribution in [0.5, 0.6) is 0 Å². The summed E-state index contributed by atoms with van der Waals surface area (Å²) in [6.45, 7) is 16.8. The number of esters is 2. The van der Waals surface area contributed by atoms with E-state index in [1.54, 1.807) is 71.9 Å². The molecular formula is C39H61N5O11S. The highest BCUT2D eigenvalue weighted by molar-refractivity contribution is 8.01. The van der Waals surface area contributed by atoms with Crippen LogP contribution in [0.15, 0.2) is 30.3 Å². The zero-order valence-electron chi connectivity index (χ0n) is 34.5. The maximum absolute atomic E-state index is 13.9. The first-order valence-corrected chi connectivity index (χ1v) is 19.6. The number of ketones is 1. The Morgan fingerprint density at radius 1 is 0.786 bits per heavy atom. The second kappa shape index (κ2) is 23.4. The predicted octanol–water partition coefficient (Wildman–Crippen LogP) is 3.12. The number of methoxy groups -OCH3 is 1. The van der Waals surface area contributed by atoms with Crippen molar-refractivity contribution in [3.8, 4) is 0 Å². The molecule has 1 rings (SSSR count). The lowest BCUT2D eigenvalue weighted by molar-refractivity contribution is -0.159. The van der Waals surface area contributed by atoms with Crippen molar-refractivity contribution >= 4 is 59.2 Å². The van der Waals surface area contributed by atoms with Crippen LogP contribution in [0.4, 0.5) is 4.79 Å². The van der Waals surface area contributed by atoms with Gasteiger partial charge in [-0.3, -0.25) is 28.8 Å². The molecule has 1 unspecified atom stereocenters. The number of rotatable bonds is 22. The van der Waals surface area contributed by atoms with E-state index in [9.17, 15) is 38.4 Å². The zero-order valence-corrected chi connectivity index (χ0v) is 35.3. The van der Waals surface area contributed by atoms with Gasteiger partial charge >= 0.3 is 18.0 Å². The molecule has 1 aromatic carbocycles. The lowest BCUT2D eigenvalue weighted by Gasteiger charge is -2.34. The Bertz CT molecular complexity index is 1510. The highest BCUT2D eigenvalue weighted by Gasteiger charge is 2.40. The van der Waals surface area contributed by atoms with Gasteiger partial charge in [0.2, 0.25) is 23.5 Å². The second-order valence-corrected chi connectivity index (χ2v) is 17.2. The van der Waals surface area contributed by atoms with E-state index in [-0.39, 0.29) is 37.0 Å². The standard InChI is InChI=1S/C39H61N5O11S/c1-12-16-26(31(47)34(49)40-20-28(45)43-30(25-17-14-13-15-18-25)36(51)55-38(6,7)8)41-33(48)27(19-23(2)3)42-35(50)32(44-37(52)54-21-24(4)5)39(9,10)56-22-29(46)53-11/h13-15,17-18,23-24,26-27,30,32H,12,16,19-22H2,1-11H3,(H,40,49)(H,41,48)(H,42,50)(H,43,45)(H,44,52)/t26?,27-,30-,32+/m0/s1. The van der Waals surface area contributed by atoms with Gasteiger partial charge in [-0.15, -0.1) is 11.8 Å². The van der Waals surface area contributed by atoms with E-state index in [0.29, 0.717) is 12.0 Å². The molecule has 0 aromatic heterocycles. The van der Waals surface area contributed by atoms with Crippen LogP contribution >= 0.6 is 11.8 Å². The average molecular weight is 808 g/mol. The van der Waals surface area contributed by atoms with Crippen LogP contribution in [0.1, 0.15) is 100 Å². The highest BCUT2D eigenvalue weighted by atomic mass is 32.2. The first-order chi connectivity index (χ1) is 26.0. The molecule has 17 heteroatoms. The first-order valence-electron chi connectivity index (χ1n) is 18.6. The minimum Gasteiger partial charge on any atom is -0.468 e. The number of hydrogen-bond donors (Lipinski definition) is 5. The third-order valence-corrected chi connectivity index (χ3v) is 9.18. The molecule has 4 atom stereocenters. The molecule has 0 spiro atoms. The summed E-state index contributed by atoms with van der Waals surface area (Å²) < 4.78 is 14.3. The molecule has 0 saturated heterocycles. The number of hydrogen-bond acceptors (Lipinski definition) is 12. The SMILES string of the molecule is CCCC(NC(=O)[C@H](CC(C)C)NC(=O)[C@@H](NC(=O)OCC(C)C)C(C)(C)SCC(=O)OC)C(=O)C(=O)NCC(=O)N[C@H](C(=O)OC(C)(C)C)c1ccccc1. The molecule has 0 saturated carbocycles. The highest BCUT2D eigenvalue weighted by Crippen LogP contribution is 2.29. The molecule has 0 aliphatic heterocycles. The fourth-order valence-electron chi connectivity index (χ4n) is 5.03. The van der Waals surface area contributed by atoms with Crippen molar-refractivity contribution in [2.45, 2.75) is 123 Å². The van der Waals surface area contributed by atoms with E-state index in [1.807, 2.05) is 27.7 Å². The summed E-state index contributed by atoms with van der Waals surface area (Å²) >= 11 is 1.05. The fraction of sp³-hybridized carbons (Fsp3) is 0.641. The van der Waals surface area contributed by atoms with Crippen molar-refractivity contribution in [3.63, 3.8) is 0 Å². The summed E-state index contributed by atoms with van der Waals surface area (Å²) in [5, 5.41) is 12.6. The maximum atomic E-state index is 13.9. The van der Waals surface area contributed by atoms with E-state index in [0.717, 1.165) is 11.8 Å². The smallest absolute Gasteiger partial charge is 0.407 e. The van der Waals surface area contributed by atoms with Crippen molar-refractivity contribution in [1.82, 2.24) is 26.6 Å². The van der Waals surface area contributed by atoms with Gasteiger partial charge in [-0.05, 0) is 64.9 Å². The summed E-state index contributed by atoms with van der Waals surface area (Å²) in [5.41, 5.74) is -0.394. The first kappa shape index (κ1) is 49.3. The maximum Gasteiger partial charge on any atom is 0.407 e.